The van der Waals surface area contributed by atoms with Crippen LogP contribution < -0.4 is 10.1 Å². The second kappa shape index (κ2) is 7.79. The topological polar surface area (TPSA) is 55.4 Å². The Hall–Kier alpha value is -2.33. The largest absolute Gasteiger partial charge is 0.485 e. The molecule has 0 aliphatic rings. The van der Waals surface area contributed by atoms with Crippen LogP contribution >= 0.6 is 11.6 Å². The van der Waals surface area contributed by atoms with Gasteiger partial charge in [-0.25, -0.2) is 0 Å². The Kier molecular flexibility index (Phi) is 5.77. The Morgan fingerprint density at radius 3 is 2.43 bits per heavy atom. The molecule has 0 aliphatic heterocycles. The lowest BCUT2D eigenvalue weighted by Crippen LogP contribution is -2.12. The van der Waals surface area contributed by atoms with Crippen molar-refractivity contribution in [3.05, 3.63) is 58.6 Å². The number of ketones is 1. The summed E-state index contributed by atoms with van der Waals surface area (Å²) in [5.74, 6) is 0.406. The van der Waals surface area contributed by atoms with E-state index in [2.05, 4.69) is 5.32 Å². The van der Waals surface area contributed by atoms with E-state index in [9.17, 15) is 9.59 Å². The number of nitrogens with one attached hydrogen (secondary N) is 1. The van der Waals surface area contributed by atoms with E-state index in [0.29, 0.717) is 28.4 Å². The number of carbonyl (C=O) groups excluding carboxylic acids is 2. The lowest BCUT2D eigenvalue weighted by atomic mass is 10.1. The van der Waals surface area contributed by atoms with Crippen LogP contribution in [0.15, 0.2) is 42.5 Å². The van der Waals surface area contributed by atoms with Gasteiger partial charge in [-0.2, -0.15) is 0 Å². The Morgan fingerprint density at radius 1 is 1.13 bits per heavy atom. The molecule has 5 heteroatoms. The third-order valence-electron chi connectivity index (χ3n) is 3.31. The van der Waals surface area contributed by atoms with Crippen LogP contribution in [0.1, 0.15) is 29.3 Å². The van der Waals surface area contributed by atoms with Crippen LogP contribution in [0.5, 0.6) is 5.75 Å². The van der Waals surface area contributed by atoms with E-state index in [1.807, 2.05) is 6.92 Å². The molecule has 0 atom stereocenters. The van der Waals surface area contributed by atoms with Gasteiger partial charge >= 0.3 is 0 Å². The van der Waals surface area contributed by atoms with Crippen molar-refractivity contribution in [3.8, 4) is 5.75 Å². The summed E-state index contributed by atoms with van der Waals surface area (Å²) in [6.45, 7) is 3.60. The van der Waals surface area contributed by atoms with E-state index in [1.54, 1.807) is 49.4 Å². The molecule has 0 radical (unpaired) electrons. The number of hydrogen-bond acceptors (Lipinski definition) is 3. The number of ether oxygens (including phenoxy) is 1. The maximum atomic E-state index is 12.1. The van der Waals surface area contributed by atoms with Crippen molar-refractivity contribution in [2.24, 2.45) is 0 Å². The van der Waals surface area contributed by atoms with Crippen molar-refractivity contribution >= 4 is 29.0 Å². The van der Waals surface area contributed by atoms with Crippen molar-refractivity contribution in [1.82, 2.24) is 0 Å². The Labute approximate surface area is 140 Å². The number of hydrogen-bond donors (Lipinski definition) is 1. The first-order chi connectivity index (χ1) is 11.0. The van der Waals surface area contributed by atoms with E-state index in [1.165, 1.54) is 0 Å². The van der Waals surface area contributed by atoms with E-state index >= 15 is 0 Å². The molecule has 2 aromatic carbocycles. The molecule has 0 spiro atoms. The van der Waals surface area contributed by atoms with Gasteiger partial charge in [-0.1, -0.05) is 18.5 Å². The second-order valence-corrected chi connectivity index (χ2v) is 5.51. The fraction of sp³-hybridized carbons (Fsp3) is 0.222. The Bertz CT molecular complexity index is 711. The molecule has 4 nitrogen and oxygen atoms in total. The molecule has 0 saturated carbocycles. The normalized spacial score (nSPS) is 10.2. The minimum absolute atomic E-state index is 0.0538. The molecule has 0 saturated heterocycles. The number of halogens is 1. The number of benzene rings is 2. The third-order valence-corrected chi connectivity index (χ3v) is 3.74. The van der Waals surface area contributed by atoms with Crippen molar-refractivity contribution < 1.29 is 14.3 Å². The Balaban J connectivity index is 1.95. The minimum atomic E-state index is -0.133. The molecule has 120 valence electrons. The van der Waals surface area contributed by atoms with Crippen molar-refractivity contribution in [2.75, 3.05) is 11.9 Å². The van der Waals surface area contributed by atoms with Crippen molar-refractivity contribution in [3.63, 3.8) is 0 Å². The minimum Gasteiger partial charge on any atom is -0.485 e. The maximum Gasteiger partial charge on any atom is 0.224 e. The molecule has 0 heterocycles. The zero-order chi connectivity index (χ0) is 16.8. The molecule has 0 aliphatic carbocycles. The monoisotopic (exact) mass is 331 g/mol. The molecule has 0 fully saturated rings. The van der Waals surface area contributed by atoms with E-state index in [0.717, 1.165) is 5.56 Å². The number of Topliss-reactive ketones (excluding diaryl/α,β-unsaturated/α-hetero) is 1. The zero-order valence-corrected chi connectivity index (χ0v) is 13.8. The highest BCUT2D eigenvalue weighted by molar-refractivity contribution is 6.31. The van der Waals surface area contributed by atoms with Crippen LogP contribution in [-0.4, -0.2) is 18.3 Å². The highest BCUT2D eigenvalue weighted by atomic mass is 35.5. The van der Waals surface area contributed by atoms with E-state index in [-0.39, 0.29) is 18.3 Å². The lowest BCUT2D eigenvalue weighted by Gasteiger charge is -2.08. The predicted octanol–water partition coefficient (Wildman–Crippen LogP) is 4.26. The summed E-state index contributed by atoms with van der Waals surface area (Å²) in [4.78, 5) is 23.4. The van der Waals surface area contributed by atoms with Crippen LogP contribution in [0.3, 0.4) is 0 Å². The van der Waals surface area contributed by atoms with Crippen molar-refractivity contribution in [1.29, 1.82) is 0 Å². The average molecular weight is 332 g/mol. The van der Waals surface area contributed by atoms with Gasteiger partial charge in [0.2, 0.25) is 5.91 Å². The SMILES string of the molecule is CCC(=O)Nc1ccc(C(=O)COc2ccc(Cl)c(C)c2)cc1. The second-order valence-electron chi connectivity index (χ2n) is 5.10. The summed E-state index contributed by atoms with van der Waals surface area (Å²) in [7, 11) is 0. The lowest BCUT2D eigenvalue weighted by molar-refractivity contribution is -0.115. The van der Waals surface area contributed by atoms with E-state index < -0.39 is 0 Å². The molecule has 2 rings (SSSR count). The predicted molar refractivity (Wildman–Crippen MR) is 91.4 cm³/mol. The van der Waals surface area contributed by atoms with E-state index in [4.69, 9.17) is 16.3 Å². The number of amides is 1. The molecule has 0 bridgehead atoms. The highest BCUT2D eigenvalue weighted by Gasteiger charge is 2.08. The molecule has 0 aromatic heterocycles. The summed E-state index contributed by atoms with van der Waals surface area (Å²) in [6, 6.07) is 12.0. The van der Waals surface area contributed by atoms with Crippen LogP contribution in [-0.2, 0) is 4.79 Å². The smallest absolute Gasteiger partial charge is 0.224 e. The number of carbonyl (C=O) groups is 2. The fourth-order valence-electron chi connectivity index (χ4n) is 1.93. The first kappa shape index (κ1) is 17.0. The van der Waals surface area contributed by atoms with Gasteiger partial charge in [0.15, 0.2) is 12.4 Å². The van der Waals surface area contributed by atoms with Gasteiger partial charge in [0, 0.05) is 22.7 Å². The summed E-state index contributed by atoms with van der Waals surface area (Å²) >= 11 is 5.95. The number of aryl methyl sites for hydroxylation is 1. The van der Waals surface area contributed by atoms with Crippen LogP contribution in [0, 0.1) is 6.92 Å². The van der Waals surface area contributed by atoms with Crippen LogP contribution in [0.25, 0.3) is 0 Å². The molecule has 0 unspecified atom stereocenters. The van der Waals surface area contributed by atoms with Crippen molar-refractivity contribution in [2.45, 2.75) is 20.3 Å². The van der Waals surface area contributed by atoms with Crippen LogP contribution in [0.2, 0.25) is 5.02 Å². The van der Waals surface area contributed by atoms with Gasteiger partial charge in [-0.05, 0) is 55.0 Å². The standard InChI is InChI=1S/C18H18ClNO3/c1-3-18(22)20-14-6-4-13(5-7-14)17(21)11-23-15-8-9-16(19)12(2)10-15/h4-10H,3,11H2,1-2H3,(H,20,22). The molecule has 2 aromatic rings. The highest BCUT2D eigenvalue weighted by Crippen LogP contribution is 2.21. The first-order valence-corrected chi connectivity index (χ1v) is 7.69. The van der Waals surface area contributed by atoms with Gasteiger partial charge in [0.1, 0.15) is 5.75 Å². The first-order valence-electron chi connectivity index (χ1n) is 7.31. The molecular weight excluding hydrogens is 314 g/mol. The summed E-state index contributed by atoms with van der Waals surface area (Å²) < 4.78 is 5.49. The average Bonchev–Trinajstić information content (AvgIpc) is 2.56. The summed E-state index contributed by atoms with van der Waals surface area (Å²) in [5.41, 5.74) is 2.10. The Morgan fingerprint density at radius 2 is 1.83 bits per heavy atom. The summed E-state index contributed by atoms with van der Waals surface area (Å²) in [6.07, 6.45) is 0.412. The summed E-state index contributed by atoms with van der Waals surface area (Å²) in [5, 5.41) is 3.39. The fourth-order valence-corrected chi connectivity index (χ4v) is 2.05. The molecule has 1 amide bonds. The molecule has 23 heavy (non-hydrogen) atoms. The quantitative estimate of drug-likeness (QED) is 0.805. The van der Waals surface area contributed by atoms with Gasteiger partial charge in [0.25, 0.3) is 0 Å². The third kappa shape index (κ3) is 4.83. The van der Waals surface area contributed by atoms with Gasteiger partial charge < -0.3 is 10.1 Å². The number of anilines is 1. The zero-order valence-electron chi connectivity index (χ0n) is 13.1. The van der Waals surface area contributed by atoms with Gasteiger partial charge in [-0.15, -0.1) is 0 Å². The van der Waals surface area contributed by atoms with Gasteiger partial charge in [0.05, 0.1) is 0 Å². The van der Waals surface area contributed by atoms with Crippen LogP contribution in [0.4, 0.5) is 5.69 Å². The number of rotatable bonds is 6. The van der Waals surface area contributed by atoms with Gasteiger partial charge in [-0.3, -0.25) is 9.59 Å². The molecule has 1 N–H and O–H groups in total. The molecular formula is C18H18ClNO3. The maximum absolute atomic E-state index is 12.1.